The van der Waals surface area contributed by atoms with E-state index >= 15 is 0 Å². The molecule has 1 aromatic carbocycles. The first-order valence-electron chi connectivity index (χ1n) is 6.48. The Labute approximate surface area is 128 Å². The number of hydrogen-bond acceptors (Lipinski definition) is 4. The number of fused-ring (bicyclic) bond motifs is 1. The highest BCUT2D eigenvalue weighted by molar-refractivity contribution is 7.16. The Morgan fingerprint density at radius 2 is 2.36 bits per heavy atom. The van der Waals surface area contributed by atoms with Crippen LogP contribution >= 0.6 is 11.3 Å². The topological polar surface area (TPSA) is 65.1 Å². The number of thiazole rings is 1. The zero-order valence-electron chi connectivity index (χ0n) is 11.5. The second-order valence-corrected chi connectivity index (χ2v) is 5.48. The Morgan fingerprint density at radius 3 is 3.09 bits per heavy atom. The van der Waals surface area contributed by atoms with E-state index in [9.17, 15) is 9.18 Å². The van der Waals surface area contributed by atoms with Crippen molar-refractivity contribution < 1.29 is 9.18 Å². The molecule has 0 unspecified atom stereocenters. The minimum atomic E-state index is -0.379. The molecular weight excluding hydrogens is 305 g/mol. The zero-order valence-corrected chi connectivity index (χ0v) is 12.3. The number of aromatic nitrogens is 4. The third kappa shape index (κ3) is 2.73. The molecule has 22 heavy (non-hydrogen) atoms. The number of rotatable bonds is 4. The van der Waals surface area contributed by atoms with Gasteiger partial charge in [-0.15, -0.1) is 6.58 Å². The lowest BCUT2D eigenvalue weighted by Crippen LogP contribution is -2.18. The number of benzene rings is 1. The molecule has 2 aromatic heterocycles. The summed E-state index contributed by atoms with van der Waals surface area (Å²) in [6.45, 7) is 4.03. The molecule has 0 saturated carbocycles. The fourth-order valence-electron chi connectivity index (χ4n) is 2.07. The van der Waals surface area contributed by atoms with Gasteiger partial charge in [0.2, 0.25) is 0 Å². The molecule has 0 N–H and O–H groups in total. The van der Waals surface area contributed by atoms with Crippen LogP contribution in [0.5, 0.6) is 0 Å². The van der Waals surface area contributed by atoms with Crippen LogP contribution in [-0.4, -0.2) is 25.2 Å². The summed E-state index contributed by atoms with van der Waals surface area (Å²) in [6, 6.07) is 4.81. The molecule has 3 aromatic rings. The number of nitrogens with zero attached hydrogens (tertiary/aromatic N) is 5. The number of halogens is 1. The quantitative estimate of drug-likeness (QED) is 0.689. The molecule has 8 heteroatoms. The summed E-state index contributed by atoms with van der Waals surface area (Å²) in [5.41, 5.74) is 0.430. The maximum absolute atomic E-state index is 14.0. The first-order chi connectivity index (χ1) is 10.7. The van der Waals surface area contributed by atoms with E-state index in [1.54, 1.807) is 22.8 Å². The largest absolute Gasteiger partial charge is 0.310 e. The summed E-state index contributed by atoms with van der Waals surface area (Å²) in [5, 5.41) is 3.86. The molecule has 0 aliphatic rings. The standard InChI is InChI=1S/C14H12FN5OS/c1-2-6-20-13-10(15)4-3-5-11(13)22-14(20)18-12(21)7-19-9-16-8-17-19/h2-5,8-9H,1,6-7H2. The molecule has 3 rings (SSSR count). The van der Waals surface area contributed by atoms with Gasteiger partial charge in [-0.3, -0.25) is 4.79 Å². The number of carbonyl (C=O) groups is 1. The molecule has 112 valence electrons. The Hall–Kier alpha value is -2.61. The summed E-state index contributed by atoms with van der Waals surface area (Å²) in [5.74, 6) is -0.726. The van der Waals surface area contributed by atoms with Gasteiger partial charge in [0.05, 0.1) is 10.2 Å². The molecular formula is C14H12FN5OS. The minimum absolute atomic E-state index is 0.00911. The van der Waals surface area contributed by atoms with Crippen LogP contribution in [-0.2, 0) is 17.9 Å². The van der Waals surface area contributed by atoms with Crippen molar-refractivity contribution >= 4 is 27.5 Å². The fraction of sp³-hybridized carbons (Fsp3) is 0.143. The lowest BCUT2D eigenvalue weighted by Gasteiger charge is -2.01. The molecule has 6 nitrogen and oxygen atoms in total. The predicted octanol–water partition coefficient (Wildman–Crippen LogP) is 1.75. The van der Waals surface area contributed by atoms with Crippen LogP contribution in [0, 0.1) is 5.82 Å². The second kappa shape index (κ2) is 6.02. The molecule has 2 heterocycles. The smallest absolute Gasteiger partial charge is 0.270 e. The molecule has 0 aliphatic carbocycles. The van der Waals surface area contributed by atoms with Crippen molar-refractivity contribution in [2.45, 2.75) is 13.1 Å². The number of allylic oxidation sites excluding steroid dienone is 1. The van der Waals surface area contributed by atoms with Gasteiger partial charge in [0.15, 0.2) is 4.80 Å². The molecule has 0 saturated heterocycles. The molecule has 0 atom stereocenters. The van der Waals surface area contributed by atoms with Gasteiger partial charge in [0, 0.05) is 6.54 Å². The van der Waals surface area contributed by atoms with Gasteiger partial charge in [-0.25, -0.2) is 14.1 Å². The van der Waals surface area contributed by atoms with Crippen molar-refractivity contribution in [2.24, 2.45) is 4.99 Å². The van der Waals surface area contributed by atoms with E-state index in [4.69, 9.17) is 0 Å². The normalized spacial score (nSPS) is 12.0. The van der Waals surface area contributed by atoms with E-state index in [2.05, 4.69) is 21.7 Å². The Bertz CT molecular complexity index is 894. The van der Waals surface area contributed by atoms with Gasteiger partial charge in [-0.05, 0) is 12.1 Å². The van der Waals surface area contributed by atoms with Crippen LogP contribution in [0.1, 0.15) is 0 Å². The lowest BCUT2D eigenvalue weighted by molar-refractivity contribution is -0.118. The summed E-state index contributed by atoms with van der Waals surface area (Å²) >= 11 is 1.26. The summed E-state index contributed by atoms with van der Waals surface area (Å²) in [7, 11) is 0. The molecule has 0 radical (unpaired) electrons. The van der Waals surface area contributed by atoms with Crippen molar-refractivity contribution in [1.82, 2.24) is 19.3 Å². The van der Waals surface area contributed by atoms with Gasteiger partial charge in [0.1, 0.15) is 25.0 Å². The van der Waals surface area contributed by atoms with Crippen LogP contribution < -0.4 is 4.80 Å². The van der Waals surface area contributed by atoms with Crippen LogP contribution in [0.25, 0.3) is 10.2 Å². The van der Waals surface area contributed by atoms with Gasteiger partial charge < -0.3 is 4.57 Å². The number of amides is 1. The number of hydrogen-bond donors (Lipinski definition) is 0. The average Bonchev–Trinajstić information content (AvgIpc) is 3.09. The second-order valence-electron chi connectivity index (χ2n) is 4.47. The Kier molecular flexibility index (Phi) is 3.92. The summed E-state index contributed by atoms with van der Waals surface area (Å²) in [4.78, 5) is 20.3. The zero-order chi connectivity index (χ0) is 15.5. The lowest BCUT2D eigenvalue weighted by atomic mass is 10.3. The molecule has 0 aliphatic heterocycles. The van der Waals surface area contributed by atoms with E-state index < -0.39 is 0 Å². The van der Waals surface area contributed by atoms with E-state index in [0.717, 1.165) is 4.70 Å². The number of carbonyl (C=O) groups excluding carboxylic acids is 1. The van der Waals surface area contributed by atoms with Gasteiger partial charge in [0.25, 0.3) is 5.91 Å². The first-order valence-corrected chi connectivity index (χ1v) is 7.29. The highest BCUT2D eigenvalue weighted by Gasteiger charge is 2.11. The van der Waals surface area contributed by atoms with Gasteiger partial charge in [-0.2, -0.15) is 10.1 Å². The predicted molar refractivity (Wildman–Crippen MR) is 80.6 cm³/mol. The highest BCUT2D eigenvalue weighted by Crippen LogP contribution is 2.20. The van der Waals surface area contributed by atoms with Crippen LogP contribution in [0.3, 0.4) is 0 Å². The molecule has 0 spiro atoms. The van der Waals surface area contributed by atoms with Crippen molar-refractivity contribution in [1.29, 1.82) is 0 Å². The van der Waals surface area contributed by atoms with Gasteiger partial charge >= 0.3 is 0 Å². The van der Waals surface area contributed by atoms with Crippen molar-refractivity contribution in [3.63, 3.8) is 0 Å². The van der Waals surface area contributed by atoms with Crippen molar-refractivity contribution in [2.75, 3.05) is 0 Å². The van der Waals surface area contributed by atoms with E-state index in [0.29, 0.717) is 16.9 Å². The van der Waals surface area contributed by atoms with Gasteiger partial charge in [-0.1, -0.05) is 23.5 Å². The Morgan fingerprint density at radius 1 is 1.50 bits per heavy atom. The SMILES string of the molecule is C=CCn1c(=NC(=O)Cn2cncn2)sc2cccc(F)c21. The molecule has 0 bridgehead atoms. The Balaban J connectivity index is 2.07. The van der Waals surface area contributed by atoms with Crippen LogP contribution in [0.15, 0.2) is 48.5 Å². The summed E-state index contributed by atoms with van der Waals surface area (Å²) < 4.78 is 17.8. The van der Waals surface area contributed by atoms with E-state index in [1.165, 1.54) is 34.7 Å². The van der Waals surface area contributed by atoms with Crippen LogP contribution in [0.4, 0.5) is 4.39 Å². The maximum Gasteiger partial charge on any atom is 0.270 e. The van der Waals surface area contributed by atoms with E-state index in [-0.39, 0.29) is 18.3 Å². The maximum atomic E-state index is 14.0. The summed E-state index contributed by atoms with van der Waals surface area (Å²) in [6.07, 6.45) is 4.43. The number of para-hydroxylation sites is 1. The van der Waals surface area contributed by atoms with E-state index in [1.807, 2.05) is 0 Å². The van der Waals surface area contributed by atoms with Crippen LogP contribution in [0.2, 0.25) is 0 Å². The monoisotopic (exact) mass is 317 g/mol. The molecule has 0 fully saturated rings. The average molecular weight is 317 g/mol. The van der Waals surface area contributed by atoms with Crippen molar-refractivity contribution in [3.05, 3.63) is 54.1 Å². The highest BCUT2D eigenvalue weighted by atomic mass is 32.1. The van der Waals surface area contributed by atoms with Crippen molar-refractivity contribution in [3.8, 4) is 0 Å². The molecule has 1 amide bonds. The minimum Gasteiger partial charge on any atom is -0.310 e. The third-order valence-electron chi connectivity index (χ3n) is 2.95. The fourth-order valence-corrected chi connectivity index (χ4v) is 3.14. The third-order valence-corrected chi connectivity index (χ3v) is 3.99. The first kappa shape index (κ1) is 14.3.